The second kappa shape index (κ2) is 6.53. The molecule has 2 aromatic rings. The Kier molecular flexibility index (Phi) is 4.27. The first-order valence-electron chi connectivity index (χ1n) is 8.82. The van der Waals surface area contributed by atoms with Crippen LogP contribution < -0.4 is 0 Å². The quantitative estimate of drug-likeness (QED) is 0.869. The van der Waals surface area contributed by atoms with Gasteiger partial charge in [0, 0.05) is 19.1 Å². The van der Waals surface area contributed by atoms with E-state index >= 15 is 0 Å². The highest BCUT2D eigenvalue weighted by Gasteiger charge is 2.27. The second-order valence-electron chi connectivity index (χ2n) is 6.87. The van der Waals surface area contributed by atoms with Gasteiger partial charge in [0.1, 0.15) is 0 Å². The average Bonchev–Trinajstić information content (AvgIpc) is 2.99. The predicted octanol–water partition coefficient (Wildman–Crippen LogP) is 2.18. The smallest absolute Gasteiger partial charge is 0.177 e. The predicted molar refractivity (Wildman–Crippen MR) is 87.5 cm³/mol. The fourth-order valence-corrected chi connectivity index (χ4v) is 3.76. The van der Waals surface area contributed by atoms with Gasteiger partial charge in [-0.25, -0.2) is 0 Å². The van der Waals surface area contributed by atoms with Gasteiger partial charge in [-0.15, -0.1) is 10.2 Å². The number of aromatic nitrogens is 4. The van der Waals surface area contributed by atoms with Gasteiger partial charge in [-0.3, -0.25) is 0 Å². The molecular weight excluding hydrogens is 290 g/mol. The first-order valence-corrected chi connectivity index (χ1v) is 8.82. The number of rotatable bonds is 3. The summed E-state index contributed by atoms with van der Waals surface area (Å²) in [4.78, 5) is 2.55. The highest BCUT2D eigenvalue weighted by atomic mass is 16.5. The molecule has 1 atom stereocenters. The zero-order valence-corrected chi connectivity index (χ0v) is 13.8. The van der Waals surface area contributed by atoms with Crippen LogP contribution in [0.4, 0.5) is 0 Å². The summed E-state index contributed by atoms with van der Waals surface area (Å²) in [6.45, 7) is 6.27. The van der Waals surface area contributed by atoms with E-state index in [1.54, 1.807) is 0 Å². The number of aryl methyl sites for hydroxylation is 1. The molecule has 0 radical (unpaired) electrons. The van der Waals surface area contributed by atoms with Crippen LogP contribution in [0, 0.1) is 6.92 Å². The van der Waals surface area contributed by atoms with E-state index in [2.05, 4.69) is 20.2 Å². The van der Waals surface area contributed by atoms with Crippen LogP contribution in [-0.2, 0) is 4.74 Å². The van der Waals surface area contributed by atoms with E-state index in [1.807, 2.05) is 23.6 Å². The van der Waals surface area contributed by atoms with Crippen LogP contribution in [0.5, 0.6) is 0 Å². The van der Waals surface area contributed by atoms with Gasteiger partial charge in [0.05, 0.1) is 11.8 Å². The molecule has 0 bridgehead atoms. The SMILES string of the molecule is Cc1ccc2nnc(C3CCN(CC4CCCCO4)CC3)n2n1. The topological polar surface area (TPSA) is 55.5 Å². The van der Waals surface area contributed by atoms with Gasteiger partial charge in [0.2, 0.25) is 0 Å². The van der Waals surface area contributed by atoms with Crippen molar-refractivity contribution in [3.63, 3.8) is 0 Å². The first kappa shape index (κ1) is 15.0. The van der Waals surface area contributed by atoms with E-state index in [0.717, 1.165) is 56.2 Å². The van der Waals surface area contributed by atoms with Crippen molar-refractivity contribution >= 4 is 5.65 Å². The van der Waals surface area contributed by atoms with Crippen molar-refractivity contribution in [1.82, 2.24) is 24.7 Å². The molecular formula is C17H25N5O. The molecule has 4 heterocycles. The van der Waals surface area contributed by atoms with E-state index in [0.29, 0.717) is 12.0 Å². The van der Waals surface area contributed by atoms with Crippen LogP contribution >= 0.6 is 0 Å². The van der Waals surface area contributed by atoms with Crippen LogP contribution in [0.2, 0.25) is 0 Å². The molecule has 0 N–H and O–H groups in total. The third-order valence-corrected chi connectivity index (χ3v) is 5.11. The third kappa shape index (κ3) is 3.23. The van der Waals surface area contributed by atoms with Crippen LogP contribution in [0.15, 0.2) is 12.1 Å². The van der Waals surface area contributed by atoms with E-state index in [1.165, 1.54) is 19.3 Å². The summed E-state index contributed by atoms with van der Waals surface area (Å²) in [7, 11) is 0. The lowest BCUT2D eigenvalue weighted by molar-refractivity contribution is -0.00965. The van der Waals surface area contributed by atoms with Crippen molar-refractivity contribution in [2.45, 2.75) is 51.0 Å². The lowest BCUT2D eigenvalue weighted by atomic mass is 9.95. The van der Waals surface area contributed by atoms with Crippen molar-refractivity contribution in [3.8, 4) is 0 Å². The minimum absolute atomic E-state index is 0.443. The maximum Gasteiger partial charge on any atom is 0.177 e. The van der Waals surface area contributed by atoms with Crippen LogP contribution in [0.3, 0.4) is 0 Å². The summed E-state index contributed by atoms with van der Waals surface area (Å²) < 4.78 is 7.80. The molecule has 2 aliphatic heterocycles. The second-order valence-corrected chi connectivity index (χ2v) is 6.87. The number of piperidine rings is 1. The summed E-state index contributed by atoms with van der Waals surface area (Å²) in [5.41, 5.74) is 1.86. The molecule has 1 unspecified atom stereocenters. The Morgan fingerprint density at radius 3 is 2.78 bits per heavy atom. The van der Waals surface area contributed by atoms with Crippen molar-refractivity contribution in [1.29, 1.82) is 0 Å². The maximum atomic E-state index is 5.87. The average molecular weight is 315 g/mol. The normalized spacial score (nSPS) is 24.3. The molecule has 0 aliphatic carbocycles. The molecule has 2 aliphatic rings. The summed E-state index contributed by atoms with van der Waals surface area (Å²) in [5, 5.41) is 13.3. The van der Waals surface area contributed by atoms with Gasteiger partial charge in [-0.2, -0.15) is 9.61 Å². The van der Waals surface area contributed by atoms with Gasteiger partial charge in [0.25, 0.3) is 0 Å². The number of hydrogen-bond donors (Lipinski definition) is 0. The molecule has 6 heteroatoms. The Morgan fingerprint density at radius 2 is 2.00 bits per heavy atom. The molecule has 6 nitrogen and oxygen atoms in total. The zero-order chi connectivity index (χ0) is 15.6. The number of fused-ring (bicyclic) bond motifs is 1. The highest BCUT2D eigenvalue weighted by molar-refractivity contribution is 5.36. The molecule has 2 aromatic heterocycles. The van der Waals surface area contributed by atoms with Crippen LogP contribution in [0.1, 0.15) is 49.5 Å². The van der Waals surface area contributed by atoms with Gasteiger partial charge >= 0.3 is 0 Å². The van der Waals surface area contributed by atoms with Gasteiger partial charge in [-0.1, -0.05) is 0 Å². The molecule has 2 saturated heterocycles. The molecule has 23 heavy (non-hydrogen) atoms. The Morgan fingerprint density at radius 1 is 1.13 bits per heavy atom. The van der Waals surface area contributed by atoms with E-state index in [9.17, 15) is 0 Å². The van der Waals surface area contributed by atoms with Crippen molar-refractivity contribution in [2.24, 2.45) is 0 Å². The largest absolute Gasteiger partial charge is 0.377 e. The highest BCUT2D eigenvalue weighted by Crippen LogP contribution is 2.27. The lowest BCUT2D eigenvalue weighted by Gasteiger charge is -2.34. The Labute approximate surface area is 136 Å². The fourth-order valence-electron chi connectivity index (χ4n) is 3.76. The molecule has 124 valence electrons. The molecule has 0 aromatic carbocycles. The maximum absolute atomic E-state index is 5.87. The molecule has 0 saturated carbocycles. The third-order valence-electron chi connectivity index (χ3n) is 5.11. The Balaban J connectivity index is 1.39. The number of hydrogen-bond acceptors (Lipinski definition) is 5. The summed E-state index contributed by atoms with van der Waals surface area (Å²) in [5.74, 6) is 1.49. The van der Waals surface area contributed by atoms with E-state index in [4.69, 9.17) is 4.74 Å². The van der Waals surface area contributed by atoms with Gasteiger partial charge < -0.3 is 9.64 Å². The Hall–Kier alpha value is -1.53. The van der Waals surface area contributed by atoms with Crippen molar-refractivity contribution in [2.75, 3.05) is 26.2 Å². The van der Waals surface area contributed by atoms with E-state index in [-0.39, 0.29) is 0 Å². The van der Waals surface area contributed by atoms with E-state index < -0.39 is 0 Å². The number of likely N-dealkylation sites (tertiary alicyclic amines) is 1. The Bertz CT molecular complexity index is 656. The van der Waals surface area contributed by atoms with Gasteiger partial charge in [0.15, 0.2) is 11.5 Å². The minimum Gasteiger partial charge on any atom is -0.377 e. The van der Waals surface area contributed by atoms with Crippen LogP contribution in [0.25, 0.3) is 5.65 Å². The van der Waals surface area contributed by atoms with Crippen molar-refractivity contribution < 1.29 is 4.74 Å². The first-order chi connectivity index (χ1) is 11.3. The summed E-state index contributed by atoms with van der Waals surface area (Å²) >= 11 is 0. The summed E-state index contributed by atoms with van der Waals surface area (Å²) in [6, 6.07) is 3.98. The minimum atomic E-state index is 0.443. The molecule has 0 amide bonds. The monoisotopic (exact) mass is 315 g/mol. The van der Waals surface area contributed by atoms with Crippen molar-refractivity contribution in [3.05, 3.63) is 23.7 Å². The molecule has 0 spiro atoms. The molecule has 2 fully saturated rings. The van der Waals surface area contributed by atoms with Gasteiger partial charge in [-0.05, 0) is 64.3 Å². The molecule has 4 rings (SSSR count). The number of nitrogens with zero attached hydrogens (tertiary/aromatic N) is 5. The summed E-state index contributed by atoms with van der Waals surface area (Å²) in [6.07, 6.45) is 6.46. The fraction of sp³-hybridized carbons (Fsp3) is 0.706. The standard InChI is InChI=1S/C17H25N5O/c1-13-5-6-16-18-19-17(22(16)20-13)14-7-9-21(10-8-14)12-15-4-2-3-11-23-15/h5-6,14-15H,2-4,7-12H2,1H3. The zero-order valence-electron chi connectivity index (χ0n) is 13.8. The number of ether oxygens (including phenoxy) is 1. The van der Waals surface area contributed by atoms with Crippen LogP contribution in [-0.4, -0.2) is 57.1 Å². The lowest BCUT2D eigenvalue weighted by Crippen LogP contribution is -2.40.